The summed E-state index contributed by atoms with van der Waals surface area (Å²) >= 11 is 0. The minimum Gasteiger partial charge on any atom is -0.476 e. The van der Waals surface area contributed by atoms with E-state index in [1.54, 1.807) is 12.5 Å². The molecule has 6 heteroatoms. The number of hydrogen-bond donors (Lipinski definition) is 1. The zero-order chi connectivity index (χ0) is 12.5. The van der Waals surface area contributed by atoms with E-state index in [4.69, 9.17) is 5.11 Å². The zero-order valence-electron chi connectivity index (χ0n) is 9.70. The Labute approximate surface area is 103 Å². The molecule has 92 valence electrons. The number of aryl methyl sites for hydroxylation is 1. The summed E-state index contributed by atoms with van der Waals surface area (Å²) in [5.41, 5.74) is 2.16. The smallest absolute Gasteiger partial charge is 0.356 e. The molecule has 0 unspecified atom stereocenters. The third-order valence-electron chi connectivity index (χ3n) is 3.12. The Hall–Kier alpha value is -2.24. The molecule has 0 atom stereocenters. The quantitative estimate of drug-likeness (QED) is 0.859. The first-order chi connectivity index (χ1) is 8.75. The molecule has 18 heavy (non-hydrogen) atoms. The van der Waals surface area contributed by atoms with Gasteiger partial charge in [0.15, 0.2) is 11.5 Å². The lowest BCUT2D eigenvalue weighted by atomic mass is 10.0. The number of carboxylic acid groups (broad SMARTS) is 1. The van der Waals surface area contributed by atoms with Gasteiger partial charge in [-0.25, -0.2) is 14.8 Å². The standard InChI is InChI=1S/C12H12N4O2/c17-12(18)9-5-13-6-11(15-9)16-7-14-8-3-1-2-4-10(8)16/h5-7H,1-4H2,(H,17,18). The van der Waals surface area contributed by atoms with Crippen molar-refractivity contribution in [3.63, 3.8) is 0 Å². The number of aromatic nitrogens is 4. The van der Waals surface area contributed by atoms with Gasteiger partial charge in [0.2, 0.25) is 0 Å². The van der Waals surface area contributed by atoms with E-state index in [1.165, 1.54) is 6.20 Å². The van der Waals surface area contributed by atoms with Crippen molar-refractivity contribution >= 4 is 5.97 Å². The largest absolute Gasteiger partial charge is 0.476 e. The topological polar surface area (TPSA) is 80.9 Å². The lowest BCUT2D eigenvalue weighted by molar-refractivity contribution is 0.0690. The molecule has 0 amide bonds. The number of carboxylic acids is 1. The van der Waals surface area contributed by atoms with Gasteiger partial charge in [-0.2, -0.15) is 0 Å². The highest BCUT2D eigenvalue weighted by Gasteiger charge is 2.17. The Balaban J connectivity index is 2.07. The minimum atomic E-state index is -1.07. The minimum absolute atomic E-state index is 0.0502. The van der Waals surface area contributed by atoms with Crippen molar-refractivity contribution in [1.29, 1.82) is 0 Å². The molecule has 0 aliphatic heterocycles. The highest BCUT2D eigenvalue weighted by molar-refractivity contribution is 5.85. The van der Waals surface area contributed by atoms with E-state index in [1.807, 2.05) is 4.57 Å². The molecule has 0 spiro atoms. The van der Waals surface area contributed by atoms with Crippen LogP contribution < -0.4 is 0 Å². The second kappa shape index (κ2) is 4.21. The van der Waals surface area contributed by atoms with Crippen molar-refractivity contribution in [2.24, 2.45) is 0 Å². The molecule has 0 saturated carbocycles. The number of fused-ring (bicyclic) bond motifs is 1. The van der Waals surface area contributed by atoms with Crippen LogP contribution in [0.2, 0.25) is 0 Å². The van der Waals surface area contributed by atoms with Crippen LogP contribution in [0.1, 0.15) is 34.7 Å². The van der Waals surface area contributed by atoms with E-state index >= 15 is 0 Å². The van der Waals surface area contributed by atoms with Gasteiger partial charge in [0.25, 0.3) is 0 Å². The van der Waals surface area contributed by atoms with E-state index in [-0.39, 0.29) is 5.69 Å². The third-order valence-corrected chi connectivity index (χ3v) is 3.12. The van der Waals surface area contributed by atoms with Crippen molar-refractivity contribution in [3.8, 4) is 5.82 Å². The summed E-state index contributed by atoms with van der Waals surface area (Å²) in [5, 5.41) is 8.92. The van der Waals surface area contributed by atoms with Crippen LogP contribution in [0.3, 0.4) is 0 Å². The van der Waals surface area contributed by atoms with Gasteiger partial charge in [-0.3, -0.25) is 9.55 Å². The van der Waals surface area contributed by atoms with Gasteiger partial charge in [-0.05, 0) is 25.7 Å². The summed E-state index contributed by atoms with van der Waals surface area (Å²) in [5.74, 6) is -0.552. The average molecular weight is 244 g/mol. The Kier molecular flexibility index (Phi) is 2.55. The number of imidazole rings is 1. The lowest BCUT2D eigenvalue weighted by Gasteiger charge is -2.13. The number of aromatic carboxylic acids is 1. The first kappa shape index (κ1) is 10.9. The Morgan fingerprint density at radius 3 is 2.94 bits per heavy atom. The second-order valence-corrected chi connectivity index (χ2v) is 4.28. The molecular formula is C12H12N4O2. The van der Waals surface area contributed by atoms with E-state index in [0.717, 1.165) is 37.1 Å². The summed E-state index contributed by atoms with van der Waals surface area (Å²) in [6, 6.07) is 0. The summed E-state index contributed by atoms with van der Waals surface area (Å²) in [6.07, 6.45) is 8.72. The average Bonchev–Trinajstić information content (AvgIpc) is 2.82. The summed E-state index contributed by atoms with van der Waals surface area (Å²) in [4.78, 5) is 23.2. The van der Waals surface area contributed by atoms with Gasteiger partial charge in [0, 0.05) is 5.69 Å². The molecular weight excluding hydrogens is 232 g/mol. The van der Waals surface area contributed by atoms with Crippen LogP contribution in [-0.4, -0.2) is 30.6 Å². The van der Waals surface area contributed by atoms with Crippen molar-refractivity contribution in [2.45, 2.75) is 25.7 Å². The van der Waals surface area contributed by atoms with Crippen LogP contribution in [-0.2, 0) is 12.8 Å². The molecule has 2 heterocycles. The van der Waals surface area contributed by atoms with Crippen LogP contribution in [0, 0.1) is 0 Å². The van der Waals surface area contributed by atoms with E-state index in [0.29, 0.717) is 5.82 Å². The van der Waals surface area contributed by atoms with Crippen LogP contribution in [0.25, 0.3) is 5.82 Å². The monoisotopic (exact) mass is 244 g/mol. The fourth-order valence-electron chi connectivity index (χ4n) is 2.24. The Bertz CT molecular complexity index is 606. The van der Waals surface area contributed by atoms with Crippen molar-refractivity contribution in [1.82, 2.24) is 19.5 Å². The molecule has 2 aromatic heterocycles. The van der Waals surface area contributed by atoms with E-state index < -0.39 is 5.97 Å². The number of nitrogens with zero attached hydrogens (tertiary/aromatic N) is 4. The summed E-state index contributed by atoms with van der Waals surface area (Å²) < 4.78 is 1.84. The SMILES string of the molecule is O=C(O)c1cncc(-n2cnc3c2CCCC3)n1. The molecule has 0 aromatic carbocycles. The molecule has 0 radical (unpaired) electrons. The highest BCUT2D eigenvalue weighted by atomic mass is 16.4. The maximum Gasteiger partial charge on any atom is 0.356 e. The number of carbonyl (C=O) groups is 1. The lowest BCUT2D eigenvalue weighted by Crippen LogP contribution is -2.10. The molecule has 3 rings (SSSR count). The summed E-state index contributed by atoms with van der Waals surface area (Å²) in [6.45, 7) is 0. The first-order valence-electron chi connectivity index (χ1n) is 5.86. The van der Waals surface area contributed by atoms with E-state index in [9.17, 15) is 4.79 Å². The van der Waals surface area contributed by atoms with Crippen molar-refractivity contribution < 1.29 is 9.90 Å². The third kappa shape index (κ3) is 1.75. The van der Waals surface area contributed by atoms with Crippen molar-refractivity contribution in [3.05, 3.63) is 35.8 Å². The molecule has 2 aromatic rings. The fraction of sp³-hybridized carbons (Fsp3) is 0.333. The Morgan fingerprint density at radius 2 is 2.11 bits per heavy atom. The van der Waals surface area contributed by atoms with Gasteiger partial charge in [-0.15, -0.1) is 0 Å². The van der Waals surface area contributed by atoms with Gasteiger partial charge in [0.1, 0.15) is 6.33 Å². The van der Waals surface area contributed by atoms with Crippen LogP contribution in [0.4, 0.5) is 0 Å². The molecule has 0 bridgehead atoms. The van der Waals surface area contributed by atoms with Crippen LogP contribution >= 0.6 is 0 Å². The van der Waals surface area contributed by atoms with Crippen molar-refractivity contribution in [2.75, 3.05) is 0 Å². The second-order valence-electron chi connectivity index (χ2n) is 4.28. The molecule has 1 aliphatic carbocycles. The maximum atomic E-state index is 10.9. The van der Waals surface area contributed by atoms with Gasteiger partial charge in [-0.1, -0.05) is 0 Å². The predicted octanol–water partition coefficient (Wildman–Crippen LogP) is 1.24. The Morgan fingerprint density at radius 1 is 1.28 bits per heavy atom. The van der Waals surface area contributed by atoms with Crippen LogP contribution in [0.5, 0.6) is 0 Å². The van der Waals surface area contributed by atoms with Gasteiger partial charge < -0.3 is 5.11 Å². The normalized spacial score (nSPS) is 14.2. The highest BCUT2D eigenvalue weighted by Crippen LogP contribution is 2.22. The zero-order valence-corrected chi connectivity index (χ0v) is 9.70. The first-order valence-corrected chi connectivity index (χ1v) is 5.86. The fourth-order valence-corrected chi connectivity index (χ4v) is 2.24. The molecule has 1 aliphatic rings. The van der Waals surface area contributed by atoms with E-state index in [2.05, 4.69) is 15.0 Å². The number of hydrogen-bond acceptors (Lipinski definition) is 4. The molecule has 0 fully saturated rings. The molecule has 0 saturated heterocycles. The summed E-state index contributed by atoms with van der Waals surface area (Å²) in [7, 11) is 0. The molecule has 1 N–H and O–H groups in total. The number of rotatable bonds is 2. The van der Waals surface area contributed by atoms with Crippen LogP contribution in [0.15, 0.2) is 18.7 Å². The van der Waals surface area contributed by atoms with Gasteiger partial charge in [0.05, 0.1) is 18.1 Å². The molecule has 6 nitrogen and oxygen atoms in total. The predicted molar refractivity (Wildman–Crippen MR) is 62.8 cm³/mol. The van der Waals surface area contributed by atoms with Gasteiger partial charge >= 0.3 is 5.97 Å². The maximum absolute atomic E-state index is 10.9.